The number of aromatic nitrogens is 2. The minimum absolute atomic E-state index is 0.102. The van der Waals surface area contributed by atoms with Gasteiger partial charge in [-0.05, 0) is 30.8 Å². The number of imidazole rings is 1. The molecule has 1 heterocycles. The summed E-state index contributed by atoms with van der Waals surface area (Å²) in [7, 11) is 0. The third-order valence-corrected chi connectivity index (χ3v) is 3.59. The Kier molecular flexibility index (Phi) is 4.49. The standard InChI is InChI=1S/C12H11ClF4N2S/c1-7(13)11-18-9-6-8(14)2-3-10(9)19(11)4-5-20-12(15,16)17/h2-3,6-7H,4-5H2,1H3. The van der Waals surface area contributed by atoms with Crippen LogP contribution in [0.2, 0.25) is 0 Å². The molecule has 20 heavy (non-hydrogen) atoms. The van der Waals surface area contributed by atoms with E-state index in [0.717, 1.165) is 0 Å². The van der Waals surface area contributed by atoms with Crippen molar-refractivity contribution in [3.05, 3.63) is 29.8 Å². The number of alkyl halides is 4. The van der Waals surface area contributed by atoms with Crippen LogP contribution in [0.25, 0.3) is 11.0 Å². The zero-order chi connectivity index (χ0) is 14.9. The Hall–Kier alpha value is -0.950. The van der Waals surface area contributed by atoms with Gasteiger partial charge in [0.2, 0.25) is 0 Å². The van der Waals surface area contributed by atoms with Gasteiger partial charge >= 0.3 is 5.51 Å². The Balaban J connectivity index is 2.32. The lowest BCUT2D eigenvalue weighted by Crippen LogP contribution is -2.10. The number of aryl methyl sites for hydroxylation is 1. The monoisotopic (exact) mass is 326 g/mol. The van der Waals surface area contributed by atoms with Crippen LogP contribution in [-0.2, 0) is 6.54 Å². The first-order valence-electron chi connectivity index (χ1n) is 5.78. The Morgan fingerprint density at radius 2 is 2.10 bits per heavy atom. The van der Waals surface area contributed by atoms with Gasteiger partial charge in [0.25, 0.3) is 0 Å². The number of thioether (sulfide) groups is 1. The maximum atomic E-state index is 13.2. The highest BCUT2D eigenvalue weighted by Crippen LogP contribution is 2.31. The highest BCUT2D eigenvalue weighted by Gasteiger charge is 2.28. The molecule has 1 aromatic heterocycles. The first-order chi connectivity index (χ1) is 9.28. The second-order valence-corrected chi connectivity index (χ2v) is 5.98. The lowest BCUT2D eigenvalue weighted by atomic mass is 10.3. The molecular weight excluding hydrogens is 316 g/mol. The Morgan fingerprint density at radius 1 is 1.40 bits per heavy atom. The molecule has 0 radical (unpaired) electrons. The van der Waals surface area contributed by atoms with Gasteiger partial charge in [-0.25, -0.2) is 9.37 Å². The zero-order valence-electron chi connectivity index (χ0n) is 10.4. The summed E-state index contributed by atoms with van der Waals surface area (Å²) < 4.78 is 51.3. The Bertz CT molecular complexity index is 609. The summed E-state index contributed by atoms with van der Waals surface area (Å²) in [5.41, 5.74) is -3.30. The lowest BCUT2D eigenvalue weighted by molar-refractivity contribution is -0.0328. The molecule has 1 unspecified atom stereocenters. The first kappa shape index (κ1) is 15.4. The predicted octanol–water partition coefficient (Wildman–Crippen LogP) is 4.73. The number of hydrogen-bond acceptors (Lipinski definition) is 2. The van der Waals surface area contributed by atoms with Gasteiger partial charge in [0.1, 0.15) is 11.6 Å². The van der Waals surface area contributed by atoms with Crippen molar-refractivity contribution in [2.45, 2.75) is 24.4 Å². The smallest absolute Gasteiger partial charge is 0.326 e. The van der Waals surface area contributed by atoms with Crippen molar-refractivity contribution >= 4 is 34.4 Å². The minimum Gasteiger partial charge on any atom is -0.326 e. The molecule has 0 saturated heterocycles. The largest absolute Gasteiger partial charge is 0.441 e. The van der Waals surface area contributed by atoms with E-state index < -0.39 is 16.7 Å². The summed E-state index contributed by atoms with van der Waals surface area (Å²) in [6.07, 6.45) is 0. The Morgan fingerprint density at radius 3 is 2.70 bits per heavy atom. The van der Waals surface area contributed by atoms with Crippen LogP contribution in [0, 0.1) is 5.82 Å². The van der Waals surface area contributed by atoms with Crippen LogP contribution in [0.3, 0.4) is 0 Å². The van der Waals surface area contributed by atoms with Gasteiger partial charge < -0.3 is 4.57 Å². The van der Waals surface area contributed by atoms with E-state index in [-0.39, 0.29) is 24.1 Å². The van der Waals surface area contributed by atoms with Gasteiger partial charge in [0, 0.05) is 18.4 Å². The summed E-state index contributed by atoms with van der Waals surface area (Å²) in [6.45, 7) is 1.78. The molecular formula is C12H11ClF4N2S. The van der Waals surface area contributed by atoms with Crippen molar-refractivity contribution in [3.63, 3.8) is 0 Å². The molecule has 2 aromatic rings. The van der Waals surface area contributed by atoms with Crippen molar-refractivity contribution in [2.24, 2.45) is 0 Å². The molecule has 0 aliphatic carbocycles. The molecule has 0 amide bonds. The van der Waals surface area contributed by atoms with E-state index in [4.69, 9.17) is 11.6 Å². The lowest BCUT2D eigenvalue weighted by Gasteiger charge is -2.11. The average Bonchev–Trinajstić information content (AvgIpc) is 2.66. The summed E-state index contributed by atoms with van der Waals surface area (Å²) in [4.78, 5) is 4.19. The SMILES string of the molecule is CC(Cl)c1nc2cc(F)ccc2n1CCSC(F)(F)F. The van der Waals surface area contributed by atoms with E-state index in [1.54, 1.807) is 11.5 Å². The van der Waals surface area contributed by atoms with Crippen LogP contribution in [0.4, 0.5) is 17.6 Å². The average molecular weight is 327 g/mol. The number of benzene rings is 1. The number of halogens is 5. The van der Waals surface area contributed by atoms with Gasteiger partial charge in [0.05, 0.1) is 16.4 Å². The summed E-state index contributed by atoms with van der Waals surface area (Å²) in [6, 6.07) is 3.99. The van der Waals surface area contributed by atoms with Crippen LogP contribution < -0.4 is 0 Å². The molecule has 0 saturated carbocycles. The maximum Gasteiger partial charge on any atom is 0.441 e. The van der Waals surface area contributed by atoms with Crippen LogP contribution in [0.5, 0.6) is 0 Å². The van der Waals surface area contributed by atoms with Crippen molar-refractivity contribution in [1.29, 1.82) is 0 Å². The third kappa shape index (κ3) is 3.58. The van der Waals surface area contributed by atoms with Crippen molar-refractivity contribution in [2.75, 3.05) is 5.75 Å². The molecule has 0 fully saturated rings. The van der Waals surface area contributed by atoms with Crippen molar-refractivity contribution in [1.82, 2.24) is 9.55 Å². The molecule has 1 atom stereocenters. The third-order valence-electron chi connectivity index (χ3n) is 2.68. The number of rotatable bonds is 4. The maximum absolute atomic E-state index is 13.2. The summed E-state index contributed by atoms with van der Waals surface area (Å²) >= 11 is 5.88. The topological polar surface area (TPSA) is 17.8 Å². The molecule has 0 N–H and O–H groups in total. The first-order valence-corrected chi connectivity index (χ1v) is 7.20. The van der Waals surface area contributed by atoms with Crippen LogP contribution in [0.15, 0.2) is 18.2 Å². The van der Waals surface area contributed by atoms with E-state index in [1.807, 2.05) is 0 Å². The van der Waals surface area contributed by atoms with Gasteiger partial charge in [-0.15, -0.1) is 11.6 Å². The molecule has 0 bridgehead atoms. The van der Waals surface area contributed by atoms with Crippen molar-refractivity contribution in [3.8, 4) is 0 Å². The van der Waals surface area contributed by atoms with Crippen LogP contribution in [-0.4, -0.2) is 20.8 Å². The van der Waals surface area contributed by atoms with Gasteiger partial charge in [-0.2, -0.15) is 13.2 Å². The second-order valence-electron chi connectivity index (χ2n) is 4.16. The van der Waals surface area contributed by atoms with E-state index in [0.29, 0.717) is 16.9 Å². The highest BCUT2D eigenvalue weighted by atomic mass is 35.5. The minimum atomic E-state index is -4.27. The number of nitrogens with zero attached hydrogens (tertiary/aromatic N) is 2. The summed E-state index contributed by atoms with van der Waals surface area (Å²) in [5, 5.41) is -0.471. The van der Waals surface area contributed by atoms with E-state index in [1.165, 1.54) is 18.2 Å². The van der Waals surface area contributed by atoms with Crippen LogP contribution >= 0.6 is 23.4 Å². The quantitative estimate of drug-likeness (QED) is 0.597. The van der Waals surface area contributed by atoms with E-state index >= 15 is 0 Å². The highest BCUT2D eigenvalue weighted by molar-refractivity contribution is 8.00. The molecule has 2 nitrogen and oxygen atoms in total. The van der Waals surface area contributed by atoms with E-state index in [2.05, 4.69) is 4.98 Å². The van der Waals surface area contributed by atoms with Gasteiger partial charge in [0.15, 0.2) is 0 Å². The predicted molar refractivity (Wildman–Crippen MR) is 72.5 cm³/mol. The molecule has 1 aromatic carbocycles. The zero-order valence-corrected chi connectivity index (χ0v) is 12.0. The van der Waals surface area contributed by atoms with Gasteiger partial charge in [-0.3, -0.25) is 0 Å². The molecule has 110 valence electrons. The normalized spacial score (nSPS) is 13.9. The molecule has 2 rings (SSSR count). The van der Waals surface area contributed by atoms with E-state index in [9.17, 15) is 17.6 Å². The van der Waals surface area contributed by atoms with Gasteiger partial charge in [-0.1, -0.05) is 0 Å². The number of fused-ring (bicyclic) bond motifs is 1. The van der Waals surface area contributed by atoms with Crippen LogP contribution in [0.1, 0.15) is 18.1 Å². The number of hydrogen-bond donors (Lipinski definition) is 0. The van der Waals surface area contributed by atoms with Crippen molar-refractivity contribution < 1.29 is 17.6 Å². The molecule has 0 aliphatic rings. The fourth-order valence-corrected chi connectivity index (χ4v) is 2.58. The molecule has 0 aliphatic heterocycles. The Labute approximate surface area is 122 Å². The fourth-order valence-electron chi connectivity index (χ4n) is 1.91. The summed E-state index contributed by atoms with van der Waals surface area (Å²) in [5.74, 6) is -0.154. The molecule has 8 heteroatoms. The molecule has 0 spiro atoms. The second kappa shape index (κ2) is 5.81. The fraction of sp³-hybridized carbons (Fsp3) is 0.417.